The molecule has 0 unspecified atom stereocenters. The molecule has 0 saturated carbocycles. The van der Waals surface area contributed by atoms with Crippen LogP contribution in [-0.2, 0) is 13.0 Å². The van der Waals surface area contributed by atoms with Crippen molar-refractivity contribution < 1.29 is 9.90 Å². The van der Waals surface area contributed by atoms with E-state index in [1.165, 1.54) is 6.07 Å². The lowest BCUT2D eigenvalue weighted by Crippen LogP contribution is -2.37. The molecule has 0 saturated heterocycles. The highest BCUT2D eigenvalue weighted by molar-refractivity contribution is 5.94. The summed E-state index contributed by atoms with van der Waals surface area (Å²) >= 11 is 0. The Morgan fingerprint density at radius 3 is 2.64 bits per heavy atom. The molecule has 3 heterocycles. The largest absolute Gasteiger partial charge is 0.508 e. The Balaban J connectivity index is 1.71. The number of phenols is 1. The van der Waals surface area contributed by atoms with E-state index in [9.17, 15) is 9.90 Å². The molecule has 1 aromatic carbocycles. The van der Waals surface area contributed by atoms with Crippen molar-refractivity contribution in [2.24, 2.45) is 0 Å². The first kappa shape index (κ1) is 17.9. The van der Waals surface area contributed by atoms with E-state index in [4.69, 9.17) is 9.97 Å². The van der Waals surface area contributed by atoms with Crippen LogP contribution in [0.3, 0.4) is 0 Å². The van der Waals surface area contributed by atoms with Crippen molar-refractivity contribution in [3.8, 4) is 17.1 Å². The van der Waals surface area contributed by atoms with Crippen molar-refractivity contribution in [3.05, 3.63) is 65.6 Å². The maximum absolute atomic E-state index is 12.9. The second-order valence-corrected chi connectivity index (χ2v) is 6.95. The molecular weight excluding hydrogens is 354 g/mol. The number of nitrogens with zero attached hydrogens (tertiary/aromatic N) is 5. The summed E-state index contributed by atoms with van der Waals surface area (Å²) in [6.07, 6.45) is 4.11. The average Bonchev–Trinajstić information content (AvgIpc) is 2.72. The van der Waals surface area contributed by atoms with E-state index in [1.54, 1.807) is 35.5 Å². The summed E-state index contributed by atoms with van der Waals surface area (Å²) in [5, 5.41) is 9.68. The number of aromatic hydroxyl groups is 1. The third kappa shape index (κ3) is 3.38. The standard InChI is InChI=1S/C21H21N5O2/c1-25(2)20-17-8-11-26(21(28)15-4-3-5-16(27)12-15)13-18(17)23-19(24-20)14-6-9-22-10-7-14/h3-7,9-10,12,27H,8,11,13H2,1-2H3. The Morgan fingerprint density at radius 2 is 1.93 bits per heavy atom. The lowest BCUT2D eigenvalue weighted by molar-refractivity contribution is 0.0731. The lowest BCUT2D eigenvalue weighted by Gasteiger charge is -2.30. The van der Waals surface area contributed by atoms with Gasteiger partial charge < -0.3 is 14.9 Å². The van der Waals surface area contributed by atoms with Gasteiger partial charge in [-0.05, 0) is 36.8 Å². The Labute approximate surface area is 163 Å². The Kier molecular flexibility index (Phi) is 4.65. The number of carbonyl (C=O) groups excluding carboxylic acids is 1. The number of hydrogen-bond acceptors (Lipinski definition) is 6. The van der Waals surface area contributed by atoms with Gasteiger partial charge in [0.1, 0.15) is 11.6 Å². The maximum atomic E-state index is 12.9. The second kappa shape index (κ2) is 7.26. The summed E-state index contributed by atoms with van der Waals surface area (Å²) < 4.78 is 0. The van der Waals surface area contributed by atoms with Gasteiger partial charge in [-0.3, -0.25) is 9.78 Å². The average molecular weight is 375 g/mol. The number of rotatable bonds is 3. The van der Waals surface area contributed by atoms with Crippen LogP contribution in [0.1, 0.15) is 21.6 Å². The quantitative estimate of drug-likeness (QED) is 0.757. The monoisotopic (exact) mass is 375 g/mol. The highest BCUT2D eigenvalue weighted by atomic mass is 16.3. The van der Waals surface area contributed by atoms with Crippen LogP contribution in [0, 0.1) is 0 Å². The summed E-state index contributed by atoms with van der Waals surface area (Å²) in [5.74, 6) is 1.47. The fraction of sp³-hybridized carbons (Fsp3) is 0.238. The fourth-order valence-electron chi connectivity index (χ4n) is 3.41. The SMILES string of the molecule is CN(C)c1nc(-c2ccncc2)nc2c1CCN(C(=O)c1cccc(O)c1)C2. The maximum Gasteiger partial charge on any atom is 0.254 e. The van der Waals surface area contributed by atoms with E-state index in [1.807, 2.05) is 31.1 Å². The van der Waals surface area contributed by atoms with E-state index >= 15 is 0 Å². The Morgan fingerprint density at radius 1 is 1.14 bits per heavy atom. The number of anilines is 1. The molecule has 28 heavy (non-hydrogen) atoms. The molecule has 0 aliphatic carbocycles. The van der Waals surface area contributed by atoms with Crippen molar-refractivity contribution in [3.63, 3.8) is 0 Å². The van der Waals surface area contributed by atoms with E-state index in [-0.39, 0.29) is 11.7 Å². The van der Waals surface area contributed by atoms with Crippen LogP contribution in [0.4, 0.5) is 5.82 Å². The molecule has 3 aromatic rings. The first-order valence-electron chi connectivity index (χ1n) is 9.09. The summed E-state index contributed by atoms with van der Waals surface area (Å²) in [4.78, 5) is 30.2. The number of benzene rings is 1. The number of pyridine rings is 1. The van der Waals surface area contributed by atoms with Gasteiger partial charge in [-0.2, -0.15) is 0 Å². The molecule has 142 valence electrons. The third-order valence-corrected chi connectivity index (χ3v) is 4.79. The first-order valence-corrected chi connectivity index (χ1v) is 9.09. The number of carbonyl (C=O) groups is 1. The van der Waals surface area contributed by atoms with Crippen LogP contribution in [-0.4, -0.2) is 51.5 Å². The van der Waals surface area contributed by atoms with Crippen LogP contribution in [0.25, 0.3) is 11.4 Å². The highest BCUT2D eigenvalue weighted by Crippen LogP contribution is 2.29. The summed E-state index contributed by atoms with van der Waals surface area (Å²) in [5.41, 5.74) is 3.28. The zero-order valence-electron chi connectivity index (χ0n) is 15.8. The van der Waals surface area contributed by atoms with Gasteiger partial charge in [0.2, 0.25) is 0 Å². The number of fused-ring (bicyclic) bond motifs is 1. The molecule has 7 nitrogen and oxygen atoms in total. The van der Waals surface area contributed by atoms with Crippen molar-refractivity contribution in [2.45, 2.75) is 13.0 Å². The molecule has 0 atom stereocenters. The van der Waals surface area contributed by atoms with Gasteiger partial charge in [-0.25, -0.2) is 9.97 Å². The van der Waals surface area contributed by atoms with Crippen molar-refractivity contribution >= 4 is 11.7 Å². The van der Waals surface area contributed by atoms with E-state index in [0.717, 1.165) is 22.6 Å². The van der Waals surface area contributed by atoms with Gasteiger partial charge >= 0.3 is 0 Å². The van der Waals surface area contributed by atoms with Crippen LogP contribution in [0.15, 0.2) is 48.8 Å². The topological polar surface area (TPSA) is 82.5 Å². The molecule has 7 heteroatoms. The number of hydrogen-bond donors (Lipinski definition) is 1. The molecule has 1 aliphatic heterocycles. The molecule has 1 aliphatic rings. The van der Waals surface area contributed by atoms with Crippen molar-refractivity contribution in [1.29, 1.82) is 0 Å². The summed E-state index contributed by atoms with van der Waals surface area (Å²) in [6, 6.07) is 10.2. The normalized spacial score (nSPS) is 13.1. The molecule has 4 rings (SSSR count). The zero-order chi connectivity index (χ0) is 19.7. The molecular formula is C21H21N5O2. The minimum absolute atomic E-state index is 0.0838. The van der Waals surface area contributed by atoms with Gasteiger partial charge in [0.05, 0.1) is 12.2 Å². The minimum atomic E-state index is -0.114. The Hall–Kier alpha value is -3.48. The smallest absolute Gasteiger partial charge is 0.254 e. The zero-order valence-corrected chi connectivity index (χ0v) is 15.8. The van der Waals surface area contributed by atoms with E-state index in [0.29, 0.717) is 30.9 Å². The van der Waals surface area contributed by atoms with Crippen LogP contribution in [0.2, 0.25) is 0 Å². The van der Waals surface area contributed by atoms with Crippen LogP contribution >= 0.6 is 0 Å². The predicted molar refractivity (Wildman–Crippen MR) is 106 cm³/mol. The number of aromatic nitrogens is 3. The summed E-state index contributed by atoms with van der Waals surface area (Å²) in [6.45, 7) is 0.992. The molecule has 0 bridgehead atoms. The van der Waals surface area contributed by atoms with Crippen molar-refractivity contribution in [1.82, 2.24) is 19.9 Å². The molecule has 0 radical (unpaired) electrons. The van der Waals surface area contributed by atoms with Gasteiger partial charge in [-0.15, -0.1) is 0 Å². The van der Waals surface area contributed by atoms with Gasteiger partial charge in [-0.1, -0.05) is 6.07 Å². The summed E-state index contributed by atoms with van der Waals surface area (Å²) in [7, 11) is 3.92. The van der Waals surface area contributed by atoms with Gasteiger partial charge in [0, 0.05) is 49.7 Å². The van der Waals surface area contributed by atoms with Gasteiger partial charge in [0.15, 0.2) is 5.82 Å². The van der Waals surface area contributed by atoms with Crippen LogP contribution in [0.5, 0.6) is 5.75 Å². The van der Waals surface area contributed by atoms with Gasteiger partial charge in [0.25, 0.3) is 5.91 Å². The minimum Gasteiger partial charge on any atom is -0.508 e. The predicted octanol–water partition coefficient (Wildman–Crippen LogP) is 2.51. The molecule has 0 spiro atoms. The van der Waals surface area contributed by atoms with Crippen LogP contribution < -0.4 is 4.90 Å². The molecule has 0 fully saturated rings. The second-order valence-electron chi connectivity index (χ2n) is 6.95. The fourth-order valence-corrected chi connectivity index (χ4v) is 3.41. The van der Waals surface area contributed by atoms with E-state index < -0.39 is 0 Å². The number of amides is 1. The lowest BCUT2D eigenvalue weighted by atomic mass is 10.0. The number of phenolic OH excluding ortho intramolecular Hbond substituents is 1. The first-order chi connectivity index (χ1) is 13.5. The molecule has 2 aromatic heterocycles. The van der Waals surface area contributed by atoms with E-state index in [2.05, 4.69) is 4.98 Å². The highest BCUT2D eigenvalue weighted by Gasteiger charge is 2.27. The van der Waals surface area contributed by atoms with Crippen molar-refractivity contribution in [2.75, 3.05) is 25.5 Å². The third-order valence-electron chi connectivity index (χ3n) is 4.79. The molecule has 1 amide bonds. The Bertz CT molecular complexity index is 1020. The molecule has 1 N–H and O–H groups in total.